The Morgan fingerprint density at radius 3 is 3.07 bits per heavy atom. The van der Waals surface area contributed by atoms with Crippen LogP contribution in [0.3, 0.4) is 0 Å². The van der Waals surface area contributed by atoms with Crippen molar-refractivity contribution in [1.29, 1.82) is 0 Å². The Labute approximate surface area is 94.7 Å². The van der Waals surface area contributed by atoms with E-state index in [4.69, 9.17) is 10.6 Å². The van der Waals surface area contributed by atoms with Crippen LogP contribution in [0.25, 0.3) is 0 Å². The number of hydrogen-bond donors (Lipinski definition) is 2. The molecule has 0 bridgehead atoms. The summed E-state index contributed by atoms with van der Waals surface area (Å²) in [4.78, 5) is 13.7. The van der Waals surface area contributed by atoms with Crippen molar-refractivity contribution in [3.05, 3.63) is 0 Å². The lowest BCUT2D eigenvalue weighted by molar-refractivity contribution is -0.129. The van der Waals surface area contributed by atoms with Gasteiger partial charge in [0.1, 0.15) is 6.04 Å². The first-order valence-corrected chi connectivity index (χ1v) is 6.19. The van der Waals surface area contributed by atoms with Crippen LogP contribution in [-0.2, 0) is 9.53 Å². The predicted molar refractivity (Wildman–Crippen MR) is 61.5 cm³/mol. The fraction of sp³-hybridized carbons (Fsp3) is 0.889. The molecule has 3 N–H and O–H groups in total. The smallest absolute Gasteiger partial charge is 0.253 e. The number of methoxy groups -OCH3 is 1. The van der Waals surface area contributed by atoms with Crippen LogP contribution in [0, 0.1) is 0 Å². The number of ether oxygens (including phenoxy) is 1. The minimum absolute atomic E-state index is 0.171. The lowest BCUT2D eigenvalue weighted by atomic mass is 10.2. The number of hydrogen-bond acceptors (Lipinski definition) is 5. The highest BCUT2D eigenvalue weighted by Crippen LogP contribution is 2.18. The van der Waals surface area contributed by atoms with E-state index < -0.39 is 0 Å². The molecular formula is C9H19N3O2S. The molecule has 1 aliphatic rings. The number of nitrogens with one attached hydrogen (secondary N) is 1. The van der Waals surface area contributed by atoms with Gasteiger partial charge in [0.05, 0.1) is 6.61 Å². The van der Waals surface area contributed by atoms with Gasteiger partial charge in [0, 0.05) is 31.2 Å². The Morgan fingerprint density at radius 1 is 1.80 bits per heavy atom. The maximum atomic E-state index is 11.6. The largest absolute Gasteiger partial charge is 0.383 e. The molecule has 0 aromatic heterocycles. The lowest BCUT2D eigenvalue weighted by Gasteiger charge is -2.37. The van der Waals surface area contributed by atoms with Gasteiger partial charge >= 0.3 is 0 Å². The molecule has 0 spiro atoms. The number of rotatable bonds is 4. The highest BCUT2D eigenvalue weighted by atomic mass is 32.2. The Balaban J connectivity index is 2.64. The summed E-state index contributed by atoms with van der Waals surface area (Å²) in [6, 6.07) is 0.122. The van der Waals surface area contributed by atoms with Gasteiger partial charge in [-0.2, -0.15) is 11.8 Å². The molecule has 1 amide bonds. The summed E-state index contributed by atoms with van der Waals surface area (Å²) >= 11 is 1.92. The number of carbonyl (C=O) groups excluding carboxylic acids is 1. The number of amides is 1. The van der Waals surface area contributed by atoms with Crippen LogP contribution >= 0.6 is 11.8 Å². The van der Waals surface area contributed by atoms with Gasteiger partial charge in [0.25, 0.3) is 5.91 Å². The molecule has 0 radical (unpaired) electrons. The van der Waals surface area contributed by atoms with Gasteiger partial charge < -0.3 is 4.74 Å². The average Bonchev–Trinajstić information content (AvgIpc) is 2.26. The Kier molecular flexibility index (Phi) is 5.38. The van der Waals surface area contributed by atoms with Crippen LogP contribution in [0.15, 0.2) is 0 Å². The normalized spacial score (nSPS) is 24.9. The molecule has 1 fully saturated rings. The molecule has 6 heteroatoms. The molecule has 1 saturated heterocycles. The van der Waals surface area contributed by atoms with E-state index in [1.807, 2.05) is 11.8 Å². The zero-order valence-electron chi connectivity index (χ0n) is 9.23. The number of hydrazine groups is 1. The Bertz CT molecular complexity index is 216. The van der Waals surface area contributed by atoms with E-state index in [2.05, 4.69) is 17.2 Å². The molecular weight excluding hydrogens is 214 g/mol. The second-order valence-electron chi connectivity index (χ2n) is 3.64. The van der Waals surface area contributed by atoms with Crippen molar-refractivity contribution in [1.82, 2.24) is 10.3 Å². The van der Waals surface area contributed by atoms with Crippen LogP contribution in [0.2, 0.25) is 0 Å². The van der Waals surface area contributed by atoms with Crippen molar-refractivity contribution in [3.8, 4) is 0 Å². The summed E-state index contributed by atoms with van der Waals surface area (Å²) < 4.78 is 5.06. The van der Waals surface area contributed by atoms with Crippen molar-refractivity contribution in [2.75, 3.05) is 31.8 Å². The van der Waals surface area contributed by atoms with Crippen LogP contribution in [0.5, 0.6) is 0 Å². The Morgan fingerprint density at radius 2 is 2.53 bits per heavy atom. The van der Waals surface area contributed by atoms with E-state index in [1.165, 1.54) is 0 Å². The molecule has 1 heterocycles. The molecule has 88 valence electrons. The van der Waals surface area contributed by atoms with E-state index in [-0.39, 0.29) is 11.9 Å². The summed E-state index contributed by atoms with van der Waals surface area (Å²) in [6.07, 6.45) is 0. The van der Waals surface area contributed by atoms with Crippen molar-refractivity contribution >= 4 is 17.7 Å². The quantitative estimate of drug-likeness (QED) is 0.387. The van der Waals surface area contributed by atoms with E-state index in [1.54, 1.807) is 7.11 Å². The predicted octanol–water partition coefficient (Wildman–Crippen LogP) is -0.571. The standard InChI is InChI=1S/C9H19N3O2S/c1-7-6-15-4-3-12(7)8(5-14-2)9(13)11-10/h7-8H,3-6,10H2,1-2H3,(H,11,13). The second-order valence-corrected chi connectivity index (χ2v) is 4.79. The summed E-state index contributed by atoms with van der Waals surface area (Å²) in [5.41, 5.74) is 2.20. The third-order valence-corrected chi connectivity index (χ3v) is 3.78. The third-order valence-electron chi connectivity index (χ3n) is 2.59. The minimum atomic E-state index is -0.268. The summed E-state index contributed by atoms with van der Waals surface area (Å²) in [6.45, 7) is 3.42. The zero-order chi connectivity index (χ0) is 11.3. The summed E-state index contributed by atoms with van der Waals surface area (Å²) in [7, 11) is 1.60. The van der Waals surface area contributed by atoms with Crippen molar-refractivity contribution < 1.29 is 9.53 Å². The van der Waals surface area contributed by atoms with Crippen LogP contribution < -0.4 is 11.3 Å². The first kappa shape index (κ1) is 12.8. The fourth-order valence-electron chi connectivity index (χ4n) is 1.78. The lowest BCUT2D eigenvalue weighted by Crippen LogP contribution is -2.56. The summed E-state index contributed by atoms with van der Waals surface area (Å²) in [5, 5.41) is 0. The molecule has 0 aliphatic carbocycles. The third kappa shape index (κ3) is 3.34. The van der Waals surface area contributed by atoms with E-state index >= 15 is 0 Å². The zero-order valence-corrected chi connectivity index (χ0v) is 10.0. The van der Waals surface area contributed by atoms with Gasteiger partial charge in [-0.15, -0.1) is 0 Å². The van der Waals surface area contributed by atoms with Gasteiger partial charge in [0.2, 0.25) is 0 Å². The van der Waals surface area contributed by atoms with Crippen LogP contribution in [-0.4, -0.2) is 54.7 Å². The van der Waals surface area contributed by atoms with Crippen molar-refractivity contribution in [3.63, 3.8) is 0 Å². The molecule has 2 atom stereocenters. The second kappa shape index (κ2) is 6.32. The number of carbonyl (C=O) groups is 1. The molecule has 5 nitrogen and oxygen atoms in total. The van der Waals surface area contributed by atoms with Gasteiger partial charge in [-0.25, -0.2) is 5.84 Å². The maximum absolute atomic E-state index is 11.6. The van der Waals surface area contributed by atoms with E-state index in [0.717, 1.165) is 18.1 Å². The molecule has 0 saturated carbocycles. The maximum Gasteiger partial charge on any atom is 0.253 e. The molecule has 2 unspecified atom stereocenters. The average molecular weight is 233 g/mol. The number of nitrogens with zero attached hydrogens (tertiary/aromatic N) is 1. The first-order chi connectivity index (χ1) is 7.20. The number of thioether (sulfide) groups is 1. The van der Waals surface area contributed by atoms with Crippen LogP contribution in [0.4, 0.5) is 0 Å². The van der Waals surface area contributed by atoms with Gasteiger partial charge in [-0.1, -0.05) is 0 Å². The van der Waals surface area contributed by atoms with E-state index in [9.17, 15) is 4.79 Å². The molecule has 0 aromatic carbocycles. The van der Waals surface area contributed by atoms with Crippen molar-refractivity contribution in [2.24, 2.45) is 5.84 Å². The molecule has 15 heavy (non-hydrogen) atoms. The first-order valence-electron chi connectivity index (χ1n) is 5.03. The highest BCUT2D eigenvalue weighted by Gasteiger charge is 2.30. The van der Waals surface area contributed by atoms with Crippen molar-refractivity contribution in [2.45, 2.75) is 19.0 Å². The monoisotopic (exact) mass is 233 g/mol. The molecule has 0 aromatic rings. The SMILES string of the molecule is COCC(C(=O)NN)N1CCSCC1C. The Hall–Kier alpha value is -0.300. The van der Waals surface area contributed by atoms with E-state index in [0.29, 0.717) is 12.6 Å². The van der Waals surface area contributed by atoms with Crippen LogP contribution in [0.1, 0.15) is 6.92 Å². The topological polar surface area (TPSA) is 67.6 Å². The van der Waals surface area contributed by atoms with Gasteiger partial charge in [-0.3, -0.25) is 15.1 Å². The number of nitrogens with two attached hydrogens (primary N) is 1. The minimum Gasteiger partial charge on any atom is -0.383 e. The summed E-state index contributed by atoms with van der Waals surface area (Å²) in [5.74, 6) is 7.11. The molecule has 1 aliphatic heterocycles. The highest BCUT2D eigenvalue weighted by molar-refractivity contribution is 7.99. The van der Waals surface area contributed by atoms with Gasteiger partial charge in [-0.05, 0) is 6.92 Å². The fourth-order valence-corrected chi connectivity index (χ4v) is 2.82. The van der Waals surface area contributed by atoms with Gasteiger partial charge in [0.15, 0.2) is 0 Å². The molecule has 1 rings (SSSR count).